The molecule has 0 aromatic carbocycles. The molecule has 1 aliphatic heterocycles. The Morgan fingerprint density at radius 1 is 1.25 bits per heavy atom. The van der Waals surface area contributed by atoms with E-state index in [0.717, 1.165) is 25.7 Å². The summed E-state index contributed by atoms with van der Waals surface area (Å²) >= 11 is 0. The third kappa shape index (κ3) is 1.60. The van der Waals surface area contributed by atoms with Crippen LogP contribution >= 0.6 is 0 Å². The largest absolute Gasteiger partial charge is 0.323 e. The maximum absolute atomic E-state index is 12.0. The standard InChI is InChI=1S/C12H20N2O2/c1-11(2,3)8-6-4-5-7-12(8)9(15)13-10(16)14-12/h8H,4-7H2,1-3H3,(H2,13,14,15,16). The van der Waals surface area contributed by atoms with Crippen molar-refractivity contribution in [2.45, 2.75) is 52.0 Å². The molecule has 1 saturated heterocycles. The average molecular weight is 224 g/mol. The van der Waals surface area contributed by atoms with Gasteiger partial charge in [-0.2, -0.15) is 0 Å². The SMILES string of the molecule is CC(C)(C)C1CCCCC12NC(=O)NC2=O. The van der Waals surface area contributed by atoms with Crippen molar-refractivity contribution in [3.8, 4) is 0 Å². The minimum Gasteiger partial charge on any atom is -0.323 e. The first-order valence-corrected chi connectivity index (χ1v) is 6.00. The van der Waals surface area contributed by atoms with Gasteiger partial charge in [-0.1, -0.05) is 33.6 Å². The van der Waals surface area contributed by atoms with E-state index in [1.54, 1.807) is 0 Å². The van der Waals surface area contributed by atoms with Crippen LogP contribution < -0.4 is 10.6 Å². The van der Waals surface area contributed by atoms with E-state index in [2.05, 4.69) is 31.4 Å². The maximum atomic E-state index is 12.0. The van der Waals surface area contributed by atoms with Crippen LogP contribution in [0.2, 0.25) is 0 Å². The van der Waals surface area contributed by atoms with E-state index in [-0.39, 0.29) is 23.3 Å². The summed E-state index contributed by atoms with van der Waals surface area (Å²) in [5.74, 6) is 0.0947. The lowest BCUT2D eigenvalue weighted by Gasteiger charge is -2.45. The monoisotopic (exact) mass is 224 g/mol. The normalized spacial score (nSPS) is 35.1. The molecule has 2 unspecified atom stereocenters. The van der Waals surface area contributed by atoms with Crippen molar-refractivity contribution in [3.63, 3.8) is 0 Å². The smallest absolute Gasteiger partial charge is 0.322 e. The van der Waals surface area contributed by atoms with Crippen molar-refractivity contribution in [1.82, 2.24) is 10.6 Å². The van der Waals surface area contributed by atoms with Gasteiger partial charge < -0.3 is 5.32 Å². The first kappa shape index (κ1) is 11.4. The summed E-state index contributed by atoms with van der Waals surface area (Å²) in [5.41, 5.74) is -0.608. The highest BCUT2D eigenvalue weighted by Gasteiger charge is 2.55. The zero-order chi connectivity index (χ0) is 12.0. The van der Waals surface area contributed by atoms with Gasteiger partial charge in [0.25, 0.3) is 5.91 Å². The third-order valence-electron chi connectivity index (χ3n) is 3.92. The van der Waals surface area contributed by atoms with Gasteiger partial charge in [-0.25, -0.2) is 4.79 Å². The second-order valence-electron chi connectivity index (χ2n) is 6.04. The molecule has 4 heteroatoms. The van der Waals surface area contributed by atoms with Crippen molar-refractivity contribution in [1.29, 1.82) is 0 Å². The Morgan fingerprint density at radius 3 is 2.44 bits per heavy atom. The van der Waals surface area contributed by atoms with Crippen molar-refractivity contribution in [2.24, 2.45) is 11.3 Å². The van der Waals surface area contributed by atoms with Crippen LogP contribution in [0.3, 0.4) is 0 Å². The molecule has 16 heavy (non-hydrogen) atoms. The summed E-state index contributed by atoms with van der Waals surface area (Å²) in [6, 6.07) is -0.332. The second kappa shape index (κ2) is 3.47. The van der Waals surface area contributed by atoms with Gasteiger partial charge in [-0.3, -0.25) is 10.1 Å². The Kier molecular flexibility index (Phi) is 2.48. The van der Waals surface area contributed by atoms with Gasteiger partial charge in [-0.15, -0.1) is 0 Å². The molecular formula is C12H20N2O2. The van der Waals surface area contributed by atoms with Crippen LogP contribution in [0.25, 0.3) is 0 Å². The predicted molar refractivity (Wildman–Crippen MR) is 60.8 cm³/mol. The Morgan fingerprint density at radius 2 is 1.94 bits per heavy atom. The fourth-order valence-corrected chi connectivity index (χ4v) is 3.27. The summed E-state index contributed by atoms with van der Waals surface area (Å²) in [7, 11) is 0. The quantitative estimate of drug-likeness (QED) is 0.616. The molecular weight excluding hydrogens is 204 g/mol. The zero-order valence-electron chi connectivity index (χ0n) is 10.2. The lowest BCUT2D eigenvalue weighted by atomic mass is 9.62. The van der Waals surface area contributed by atoms with Crippen LogP contribution in [0, 0.1) is 11.3 Å². The molecule has 1 saturated carbocycles. The Labute approximate surface area is 96.2 Å². The Hall–Kier alpha value is -1.06. The highest BCUT2D eigenvalue weighted by Crippen LogP contribution is 2.45. The van der Waals surface area contributed by atoms with Crippen LogP contribution in [0.15, 0.2) is 0 Å². The van der Waals surface area contributed by atoms with Gasteiger partial charge in [0.05, 0.1) is 0 Å². The number of rotatable bonds is 0. The van der Waals surface area contributed by atoms with Gasteiger partial charge in [0.1, 0.15) is 5.54 Å². The number of carbonyl (C=O) groups excluding carboxylic acids is 2. The first-order valence-electron chi connectivity index (χ1n) is 6.00. The van der Waals surface area contributed by atoms with Crippen molar-refractivity contribution < 1.29 is 9.59 Å². The van der Waals surface area contributed by atoms with Gasteiger partial charge in [0, 0.05) is 0 Å². The number of hydrogen-bond donors (Lipinski definition) is 2. The predicted octanol–water partition coefficient (Wildman–Crippen LogP) is 1.80. The zero-order valence-corrected chi connectivity index (χ0v) is 10.2. The van der Waals surface area contributed by atoms with Crippen LogP contribution in [0.1, 0.15) is 46.5 Å². The molecule has 2 N–H and O–H groups in total. The molecule has 4 nitrogen and oxygen atoms in total. The fraction of sp³-hybridized carbons (Fsp3) is 0.833. The molecule has 3 amide bonds. The maximum Gasteiger partial charge on any atom is 0.322 e. The molecule has 1 aliphatic carbocycles. The number of amides is 3. The molecule has 90 valence electrons. The highest BCUT2D eigenvalue weighted by molar-refractivity contribution is 6.07. The van der Waals surface area contributed by atoms with Crippen molar-refractivity contribution >= 4 is 11.9 Å². The van der Waals surface area contributed by atoms with Crippen LogP contribution in [-0.4, -0.2) is 17.5 Å². The summed E-state index contributed by atoms with van der Waals surface area (Å²) < 4.78 is 0. The van der Waals surface area contributed by atoms with Crippen molar-refractivity contribution in [2.75, 3.05) is 0 Å². The number of urea groups is 1. The van der Waals surface area contributed by atoms with Crippen LogP contribution in [-0.2, 0) is 4.79 Å². The van der Waals surface area contributed by atoms with E-state index < -0.39 is 5.54 Å². The topological polar surface area (TPSA) is 58.2 Å². The average Bonchev–Trinajstić information content (AvgIpc) is 2.41. The molecule has 1 heterocycles. The van der Waals surface area contributed by atoms with E-state index in [1.807, 2.05) is 0 Å². The molecule has 0 radical (unpaired) electrons. The molecule has 2 aliphatic rings. The molecule has 0 aromatic rings. The number of imide groups is 1. The highest BCUT2D eigenvalue weighted by atomic mass is 16.2. The molecule has 0 bridgehead atoms. The minimum absolute atomic E-state index is 0.0371. The van der Waals surface area contributed by atoms with Crippen LogP contribution in [0.4, 0.5) is 4.79 Å². The van der Waals surface area contributed by atoms with E-state index in [1.165, 1.54) is 0 Å². The number of carbonyl (C=O) groups is 2. The Balaban J connectivity index is 2.35. The summed E-state index contributed by atoms with van der Waals surface area (Å²) in [6.45, 7) is 6.42. The van der Waals surface area contributed by atoms with E-state index in [0.29, 0.717) is 0 Å². The Bertz CT molecular complexity index is 332. The molecule has 2 rings (SSSR count). The van der Waals surface area contributed by atoms with Crippen LogP contribution in [0.5, 0.6) is 0 Å². The minimum atomic E-state index is -0.645. The number of hydrogen-bond acceptors (Lipinski definition) is 2. The number of nitrogens with one attached hydrogen (secondary N) is 2. The lowest BCUT2D eigenvalue weighted by Crippen LogP contribution is -2.58. The lowest BCUT2D eigenvalue weighted by molar-refractivity contribution is -0.129. The molecule has 2 atom stereocenters. The summed E-state index contributed by atoms with van der Waals surface area (Å²) in [6.07, 6.45) is 3.94. The van der Waals surface area contributed by atoms with Crippen molar-refractivity contribution in [3.05, 3.63) is 0 Å². The molecule has 0 aromatic heterocycles. The van der Waals surface area contributed by atoms with Gasteiger partial charge >= 0.3 is 6.03 Å². The first-order chi connectivity index (χ1) is 7.36. The fourth-order valence-electron chi connectivity index (χ4n) is 3.27. The molecule has 1 spiro atoms. The summed E-state index contributed by atoms with van der Waals surface area (Å²) in [4.78, 5) is 23.4. The van der Waals surface area contributed by atoms with Gasteiger partial charge in [0.2, 0.25) is 0 Å². The second-order valence-corrected chi connectivity index (χ2v) is 6.04. The summed E-state index contributed by atoms with van der Waals surface area (Å²) in [5, 5.41) is 5.27. The van der Waals surface area contributed by atoms with E-state index in [4.69, 9.17) is 0 Å². The third-order valence-corrected chi connectivity index (χ3v) is 3.92. The molecule has 2 fully saturated rings. The van der Waals surface area contributed by atoms with Gasteiger partial charge in [-0.05, 0) is 24.2 Å². The van der Waals surface area contributed by atoms with E-state index >= 15 is 0 Å². The van der Waals surface area contributed by atoms with E-state index in [9.17, 15) is 9.59 Å². The van der Waals surface area contributed by atoms with Gasteiger partial charge in [0.15, 0.2) is 0 Å².